The minimum Gasteiger partial charge on any atom is -0.503 e. The van der Waals surface area contributed by atoms with Crippen molar-refractivity contribution in [3.8, 4) is 5.75 Å². The number of hydrogen-bond donors (Lipinski definition) is 1. The van der Waals surface area contributed by atoms with Crippen LogP contribution < -0.4 is 9.64 Å². The third-order valence-corrected chi connectivity index (χ3v) is 7.80. The van der Waals surface area contributed by atoms with Crippen LogP contribution in [0.15, 0.2) is 35.6 Å². The number of aromatic nitrogens is 2. The van der Waals surface area contributed by atoms with Crippen molar-refractivity contribution in [3.63, 3.8) is 0 Å². The number of aliphatic hydroxyl groups excluding tert-OH is 1. The van der Waals surface area contributed by atoms with E-state index in [4.69, 9.17) is 9.47 Å². The van der Waals surface area contributed by atoms with Gasteiger partial charge in [0.25, 0.3) is 5.91 Å². The number of anilines is 1. The molecule has 1 aromatic carbocycles. The van der Waals surface area contributed by atoms with Crippen molar-refractivity contribution in [1.82, 2.24) is 9.97 Å². The maximum atomic E-state index is 13.7. The van der Waals surface area contributed by atoms with E-state index < -0.39 is 29.5 Å². The second kappa shape index (κ2) is 10.2. The third-order valence-electron chi connectivity index (χ3n) is 5.59. The number of methoxy groups -OCH3 is 1. The van der Waals surface area contributed by atoms with Crippen LogP contribution in [0.2, 0.25) is 0 Å². The molecule has 1 amide bonds. The summed E-state index contributed by atoms with van der Waals surface area (Å²) >= 11 is 2.16. The van der Waals surface area contributed by atoms with E-state index in [1.54, 1.807) is 45.0 Å². The largest absolute Gasteiger partial charge is 0.503 e. The number of thiazole rings is 2. The van der Waals surface area contributed by atoms with E-state index in [2.05, 4.69) is 9.97 Å². The smallest absolute Gasteiger partial charge is 0.350 e. The molecule has 0 fully saturated rings. The molecule has 36 heavy (non-hydrogen) atoms. The molecule has 1 aliphatic heterocycles. The van der Waals surface area contributed by atoms with Gasteiger partial charge in [-0.3, -0.25) is 14.5 Å². The van der Waals surface area contributed by atoms with Crippen LogP contribution in [0, 0.1) is 20.8 Å². The predicted molar refractivity (Wildman–Crippen MR) is 136 cm³/mol. The molecule has 4 rings (SSSR count). The Hall–Kier alpha value is -3.57. The normalized spacial score (nSPS) is 15.5. The molecule has 11 heteroatoms. The minimum absolute atomic E-state index is 0.0681. The second-order valence-corrected chi connectivity index (χ2v) is 10.3. The number of aryl methyl sites for hydroxylation is 3. The van der Waals surface area contributed by atoms with Crippen LogP contribution in [0.4, 0.5) is 5.13 Å². The number of Topliss-reactive ketones (excluding diaryl/α,β-unsaturated/α-hetero) is 1. The first-order valence-electron chi connectivity index (χ1n) is 11.2. The van der Waals surface area contributed by atoms with Gasteiger partial charge >= 0.3 is 5.97 Å². The van der Waals surface area contributed by atoms with Gasteiger partial charge in [0.05, 0.1) is 46.6 Å². The first-order chi connectivity index (χ1) is 17.2. The van der Waals surface area contributed by atoms with Gasteiger partial charge in [-0.2, -0.15) is 0 Å². The van der Waals surface area contributed by atoms with Crippen molar-refractivity contribution in [2.75, 3.05) is 18.6 Å². The lowest BCUT2D eigenvalue weighted by Gasteiger charge is -2.24. The summed E-state index contributed by atoms with van der Waals surface area (Å²) in [5, 5.41) is 11.8. The molecule has 0 aliphatic carbocycles. The molecule has 0 spiro atoms. The van der Waals surface area contributed by atoms with Crippen molar-refractivity contribution in [2.45, 2.75) is 40.2 Å². The minimum atomic E-state index is -0.969. The quantitative estimate of drug-likeness (QED) is 0.325. The lowest BCUT2D eigenvalue weighted by atomic mass is 9.95. The van der Waals surface area contributed by atoms with Gasteiger partial charge in [-0.25, -0.2) is 14.8 Å². The van der Waals surface area contributed by atoms with Gasteiger partial charge in [-0.1, -0.05) is 30.4 Å². The first-order valence-corrected chi connectivity index (χ1v) is 12.8. The van der Waals surface area contributed by atoms with Gasteiger partial charge in [0.1, 0.15) is 10.6 Å². The zero-order valence-corrected chi connectivity index (χ0v) is 22.1. The van der Waals surface area contributed by atoms with Crippen molar-refractivity contribution in [2.24, 2.45) is 0 Å². The molecule has 1 atom stereocenters. The average molecular weight is 528 g/mol. The molecule has 188 valence electrons. The Morgan fingerprint density at radius 2 is 1.72 bits per heavy atom. The van der Waals surface area contributed by atoms with Gasteiger partial charge < -0.3 is 14.6 Å². The number of amides is 1. The fourth-order valence-corrected chi connectivity index (χ4v) is 5.83. The van der Waals surface area contributed by atoms with Crippen molar-refractivity contribution in [3.05, 3.63) is 67.3 Å². The number of rotatable bonds is 8. The molecule has 0 saturated heterocycles. The van der Waals surface area contributed by atoms with Crippen LogP contribution in [0.25, 0.3) is 0 Å². The molecule has 2 aromatic heterocycles. The molecule has 0 saturated carbocycles. The molecule has 1 unspecified atom stereocenters. The Labute approximate surface area is 216 Å². The molecule has 1 aliphatic rings. The Kier molecular flexibility index (Phi) is 7.23. The maximum Gasteiger partial charge on any atom is 0.350 e. The summed E-state index contributed by atoms with van der Waals surface area (Å²) in [6, 6.07) is 6.02. The first kappa shape index (κ1) is 25.5. The molecule has 0 radical (unpaired) electrons. The van der Waals surface area contributed by atoms with E-state index in [1.165, 1.54) is 23.3 Å². The van der Waals surface area contributed by atoms with E-state index in [0.717, 1.165) is 17.8 Å². The van der Waals surface area contributed by atoms with Crippen LogP contribution in [0.5, 0.6) is 5.75 Å². The van der Waals surface area contributed by atoms with Crippen molar-refractivity contribution >= 4 is 45.5 Å². The molecule has 1 N–H and O–H groups in total. The fraction of sp³-hybridized carbons (Fsp3) is 0.320. The molecular weight excluding hydrogens is 502 g/mol. The number of ether oxygens (including phenoxy) is 2. The van der Waals surface area contributed by atoms with Crippen molar-refractivity contribution in [1.29, 1.82) is 0 Å². The molecule has 3 aromatic rings. The monoisotopic (exact) mass is 527 g/mol. The molecule has 0 bridgehead atoms. The summed E-state index contributed by atoms with van der Waals surface area (Å²) in [7, 11) is 1.26. The van der Waals surface area contributed by atoms with E-state index >= 15 is 0 Å². The summed E-state index contributed by atoms with van der Waals surface area (Å²) in [4.78, 5) is 49.8. The lowest BCUT2D eigenvalue weighted by Crippen LogP contribution is -2.31. The van der Waals surface area contributed by atoms with Gasteiger partial charge in [0.15, 0.2) is 10.9 Å². The highest BCUT2D eigenvalue weighted by Gasteiger charge is 2.46. The summed E-state index contributed by atoms with van der Waals surface area (Å²) in [6.45, 7) is 7.68. The highest BCUT2D eigenvalue weighted by Crippen LogP contribution is 2.44. The Morgan fingerprint density at radius 1 is 1.06 bits per heavy atom. The Balaban J connectivity index is 1.84. The van der Waals surface area contributed by atoms with Crippen LogP contribution in [0.1, 0.15) is 60.7 Å². The third kappa shape index (κ3) is 4.51. The summed E-state index contributed by atoms with van der Waals surface area (Å²) < 4.78 is 10.5. The second-order valence-electron chi connectivity index (χ2n) is 8.14. The zero-order valence-electron chi connectivity index (χ0n) is 20.4. The number of carbonyl (C=O) groups excluding carboxylic acids is 3. The molecule has 9 nitrogen and oxygen atoms in total. The Morgan fingerprint density at radius 3 is 2.31 bits per heavy atom. The lowest BCUT2D eigenvalue weighted by molar-refractivity contribution is -0.117. The van der Waals surface area contributed by atoms with Gasteiger partial charge in [0.2, 0.25) is 5.78 Å². The van der Waals surface area contributed by atoms with E-state index in [0.29, 0.717) is 39.2 Å². The highest BCUT2D eigenvalue weighted by molar-refractivity contribution is 7.17. The van der Waals surface area contributed by atoms with Crippen LogP contribution >= 0.6 is 22.7 Å². The topological polar surface area (TPSA) is 119 Å². The van der Waals surface area contributed by atoms with Crippen LogP contribution in [-0.2, 0) is 9.53 Å². The number of carbonyl (C=O) groups is 3. The zero-order chi connectivity index (χ0) is 26.1. The molecule has 3 heterocycles. The standard InChI is InChI=1S/C25H25N3O6S2/c1-6-11-34-16-9-7-15(8-10-16)18-17(19(29)21-12(2)26-14(4)35-21)20(30)23(31)28(18)25-27-13(3)22(36-25)24(32)33-5/h7-10,18,30H,6,11H2,1-5H3. The van der Waals surface area contributed by atoms with E-state index in [1.807, 2.05) is 6.92 Å². The summed E-state index contributed by atoms with van der Waals surface area (Å²) in [6.07, 6.45) is 0.849. The number of esters is 1. The number of benzene rings is 1. The SMILES string of the molecule is CCCOc1ccc(C2C(C(=O)c3sc(C)nc3C)=C(O)C(=O)N2c2nc(C)c(C(=O)OC)s2)cc1. The maximum absolute atomic E-state index is 13.7. The van der Waals surface area contributed by atoms with Crippen molar-refractivity contribution < 1.29 is 29.0 Å². The highest BCUT2D eigenvalue weighted by atomic mass is 32.1. The van der Waals surface area contributed by atoms with Crippen LogP contribution in [-0.4, -0.2) is 46.5 Å². The number of hydrogen-bond acceptors (Lipinski definition) is 10. The van der Waals surface area contributed by atoms with E-state index in [-0.39, 0.29) is 15.6 Å². The van der Waals surface area contributed by atoms with Gasteiger partial charge in [-0.05, 0) is 44.9 Å². The van der Waals surface area contributed by atoms with Crippen LogP contribution in [0.3, 0.4) is 0 Å². The van der Waals surface area contributed by atoms with E-state index in [9.17, 15) is 19.5 Å². The fourth-order valence-electron chi connectivity index (χ4n) is 3.95. The number of ketones is 1. The number of nitrogens with zero attached hydrogens (tertiary/aromatic N) is 3. The summed E-state index contributed by atoms with van der Waals surface area (Å²) in [5.41, 5.74) is 1.41. The van der Waals surface area contributed by atoms with Gasteiger partial charge in [0, 0.05) is 0 Å². The Bertz CT molecular complexity index is 1370. The van der Waals surface area contributed by atoms with Gasteiger partial charge in [-0.15, -0.1) is 11.3 Å². The number of aliphatic hydroxyl groups is 1. The summed E-state index contributed by atoms with van der Waals surface area (Å²) in [5.74, 6) is -1.86. The molecular formula is C25H25N3O6S2. The predicted octanol–water partition coefficient (Wildman–Crippen LogP) is 4.88. The average Bonchev–Trinajstić information content (AvgIpc) is 3.49.